The van der Waals surface area contributed by atoms with Gasteiger partial charge in [0.15, 0.2) is 0 Å². The Bertz CT molecular complexity index is 1210. The molecule has 2 heterocycles. The van der Waals surface area contributed by atoms with E-state index in [0.717, 1.165) is 5.56 Å². The second-order valence-electron chi connectivity index (χ2n) is 6.93. The molecule has 4 rings (SSSR count). The van der Waals surface area contributed by atoms with Crippen molar-refractivity contribution in [2.45, 2.75) is 13.0 Å². The van der Waals surface area contributed by atoms with Gasteiger partial charge in [0.25, 0.3) is 5.91 Å². The first-order chi connectivity index (χ1) is 15.5. The number of nitrogens with zero attached hydrogens (tertiary/aromatic N) is 4. The number of carbonyl (C=O) groups excluding carboxylic acids is 1. The maximum absolute atomic E-state index is 13.5. The molecule has 11 heteroatoms. The first-order valence-electron chi connectivity index (χ1n) is 9.59. The van der Waals surface area contributed by atoms with Gasteiger partial charge < -0.3 is 24.8 Å². The van der Waals surface area contributed by atoms with Crippen LogP contribution in [0.15, 0.2) is 47.7 Å². The summed E-state index contributed by atoms with van der Waals surface area (Å²) in [5.41, 5.74) is 2.22. The van der Waals surface area contributed by atoms with E-state index in [4.69, 9.17) is 25.8 Å². The SMILES string of the molecule is COc1cccc(C2C(C(=O)Nc3cc(OC)c(Cl)cc3OC)=C(C)Nc3nnnn32)c1. The van der Waals surface area contributed by atoms with Crippen LogP contribution < -0.4 is 24.8 Å². The summed E-state index contributed by atoms with van der Waals surface area (Å²) in [5.74, 6) is 1.51. The topological polar surface area (TPSA) is 112 Å². The van der Waals surface area contributed by atoms with Crippen LogP contribution in [-0.4, -0.2) is 47.4 Å². The zero-order valence-corrected chi connectivity index (χ0v) is 18.6. The van der Waals surface area contributed by atoms with E-state index in [1.807, 2.05) is 24.3 Å². The normalized spacial score (nSPS) is 15.0. The summed E-state index contributed by atoms with van der Waals surface area (Å²) in [6, 6.07) is 10.00. The molecule has 1 aromatic heterocycles. The van der Waals surface area contributed by atoms with Crippen LogP contribution in [0.2, 0.25) is 5.02 Å². The number of allylic oxidation sites excluding steroid dienone is 1. The molecule has 0 saturated heterocycles. The van der Waals surface area contributed by atoms with Crippen molar-refractivity contribution in [3.8, 4) is 17.2 Å². The predicted molar refractivity (Wildman–Crippen MR) is 118 cm³/mol. The van der Waals surface area contributed by atoms with E-state index in [0.29, 0.717) is 45.2 Å². The van der Waals surface area contributed by atoms with Gasteiger partial charge in [0, 0.05) is 17.8 Å². The third kappa shape index (κ3) is 3.80. The maximum Gasteiger partial charge on any atom is 0.255 e. The third-order valence-electron chi connectivity index (χ3n) is 5.09. The molecule has 0 saturated carbocycles. The van der Waals surface area contributed by atoms with Crippen LogP contribution in [-0.2, 0) is 4.79 Å². The smallest absolute Gasteiger partial charge is 0.255 e. The maximum atomic E-state index is 13.5. The number of aromatic nitrogens is 4. The minimum Gasteiger partial charge on any atom is -0.497 e. The van der Waals surface area contributed by atoms with Gasteiger partial charge in [0.1, 0.15) is 23.3 Å². The number of halogens is 1. The molecule has 1 aliphatic heterocycles. The summed E-state index contributed by atoms with van der Waals surface area (Å²) in [7, 11) is 4.57. The second-order valence-corrected chi connectivity index (χ2v) is 7.34. The minimum absolute atomic E-state index is 0.365. The molecule has 3 aromatic rings. The Morgan fingerprint density at radius 1 is 1.12 bits per heavy atom. The number of hydrogen-bond donors (Lipinski definition) is 2. The van der Waals surface area contributed by atoms with Crippen molar-refractivity contribution < 1.29 is 19.0 Å². The molecule has 2 N–H and O–H groups in total. The van der Waals surface area contributed by atoms with Crippen LogP contribution in [0.4, 0.5) is 11.6 Å². The van der Waals surface area contributed by atoms with Gasteiger partial charge in [-0.3, -0.25) is 4.79 Å². The van der Waals surface area contributed by atoms with Gasteiger partial charge >= 0.3 is 0 Å². The highest BCUT2D eigenvalue weighted by Crippen LogP contribution is 2.39. The van der Waals surface area contributed by atoms with Crippen molar-refractivity contribution >= 4 is 29.1 Å². The number of tetrazole rings is 1. The molecule has 32 heavy (non-hydrogen) atoms. The standard InChI is InChI=1S/C21H21ClN6O4/c1-11-18(20(29)24-15-10-16(31-3)14(22)9-17(15)32-4)19(28-21(23-11)25-26-27-28)12-6-5-7-13(8-12)30-2/h5-10,19H,1-4H3,(H,24,29)(H,23,25,27). The number of nitrogens with one attached hydrogen (secondary N) is 2. The highest BCUT2D eigenvalue weighted by atomic mass is 35.5. The van der Waals surface area contributed by atoms with Crippen LogP contribution in [0.3, 0.4) is 0 Å². The lowest BCUT2D eigenvalue weighted by Crippen LogP contribution is -2.31. The van der Waals surface area contributed by atoms with Crippen LogP contribution in [0.5, 0.6) is 17.2 Å². The van der Waals surface area contributed by atoms with Crippen molar-refractivity contribution in [3.05, 3.63) is 58.3 Å². The lowest BCUT2D eigenvalue weighted by Gasteiger charge is -2.28. The predicted octanol–water partition coefficient (Wildman–Crippen LogP) is 3.28. The Morgan fingerprint density at radius 2 is 1.91 bits per heavy atom. The number of fused-ring (bicyclic) bond motifs is 1. The van der Waals surface area contributed by atoms with E-state index in [9.17, 15) is 4.79 Å². The van der Waals surface area contributed by atoms with E-state index < -0.39 is 6.04 Å². The first-order valence-corrected chi connectivity index (χ1v) is 9.97. The van der Waals surface area contributed by atoms with E-state index in [2.05, 4.69) is 26.2 Å². The molecular formula is C21H21ClN6O4. The zero-order valence-electron chi connectivity index (χ0n) is 17.8. The summed E-state index contributed by atoms with van der Waals surface area (Å²) in [5, 5.41) is 18.2. The molecule has 2 aromatic carbocycles. The van der Waals surface area contributed by atoms with Gasteiger partial charge in [-0.2, -0.15) is 4.68 Å². The second kappa shape index (κ2) is 8.75. The molecule has 0 spiro atoms. The fourth-order valence-corrected chi connectivity index (χ4v) is 3.80. The first kappa shape index (κ1) is 21.4. The highest BCUT2D eigenvalue weighted by Gasteiger charge is 2.34. The lowest BCUT2D eigenvalue weighted by atomic mass is 9.94. The molecule has 1 aliphatic rings. The summed E-state index contributed by atoms with van der Waals surface area (Å²) >= 11 is 6.19. The Kier molecular flexibility index (Phi) is 5.87. The number of ether oxygens (including phenoxy) is 3. The lowest BCUT2D eigenvalue weighted by molar-refractivity contribution is -0.113. The summed E-state index contributed by atoms with van der Waals surface area (Å²) in [6.45, 7) is 1.79. The van der Waals surface area contributed by atoms with Crippen LogP contribution >= 0.6 is 11.6 Å². The molecule has 0 radical (unpaired) electrons. The monoisotopic (exact) mass is 456 g/mol. The Hall–Kier alpha value is -3.79. The van der Waals surface area contributed by atoms with E-state index >= 15 is 0 Å². The summed E-state index contributed by atoms with van der Waals surface area (Å²) in [4.78, 5) is 13.5. The van der Waals surface area contributed by atoms with Crippen LogP contribution in [0, 0.1) is 0 Å². The summed E-state index contributed by atoms with van der Waals surface area (Å²) < 4.78 is 17.6. The summed E-state index contributed by atoms with van der Waals surface area (Å²) in [6.07, 6.45) is 0. The zero-order chi connectivity index (χ0) is 22.8. The number of amides is 1. The fourth-order valence-electron chi connectivity index (χ4n) is 3.57. The Balaban J connectivity index is 1.77. The quantitative estimate of drug-likeness (QED) is 0.581. The molecular weight excluding hydrogens is 436 g/mol. The molecule has 166 valence electrons. The molecule has 10 nitrogen and oxygen atoms in total. The molecule has 0 bridgehead atoms. The van der Waals surface area contributed by atoms with Gasteiger partial charge in [0.05, 0.1) is 37.6 Å². The van der Waals surface area contributed by atoms with E-state index in [-0.39, 0.29) is 5.91 Å². The minimum atomic E-state index is -0.587. The number of anilines is 2. The van der Waals surface area contributed by atoms with Crippen molar-refractivity contribution in [3.63, 3.8) is 0 Å². The largest absolute Gasteiger partial charge is 0.497 e. The fraction of sp³-hybridized carbons (Fsp3) is 0.238. The highest BCUT2D eigenvalue weighted by molar-refractivity contribution is 6.32. The Morgan fingerprint density at radius 3 is 2.62 bits per heavy atom. The number of hydrogen-bond acceptors (Lipinski definition) is 8. The number of carbonyl (C=O) groups is 1. The van der Waals surface area contributed by atoms with Gasteiger partial charge in [-0.05, 0) is 35.0 Å². The van der Waals surface area contributed by atoms with Crippen LogP contribution in [0.25, 0.3) is 0 Å². The number of rotatable bonds is 6. The van der Waals surface area contributed by atoms with E-state index in [1.165, 1.54) is 14.2 Å². The van der Waals surface area contributed by atoms with E-state index in [1.54, 1.807) is 30.8 Å². The van der Waals surface area contributed by atoms with Crippen molar-refractivity contribution in [1.82, 2.24) is 20.2 Å². The average Bonchev–Trinajstić information content (AvgIpc) is 3.26. The molecule has 0 aliphatic carbocycles. The van der Waals surface area contributed by atoms with Gasteiger partial charge in [-0.15, -0.1) is 0 Å². The van der Waals surface area contributed by atoms with Gasteiger partial charge in [-0.1, -0.05) is 28.8 Å². The van der Waals surface area contributed by atoms with Gasteiger partial charge in [-0.25, -0.2) is 0 Å². The molecule has 1 atom stereocenters. The van der Waals surface area contributed by atoms with Crippen molar-refractivity contribution in [1.29, 1.82) is 0 Å². The number of benzene rings is 2. The molecule has 1 unspecified atom stereocenters. The average molecular weight is 457 g/mol. The molecule has 1 amide bonds. The van der Waals surface area contributed by atoms with Crippen molar-refractivity contribution in [2.75, 3.05) is 32.0 Å². The third-order valence-corrected chi connectivity index (χ3v) is 5.39. The van der Waals surface area contributed by atoms with Gasteiger partial charge in [0.2, 0.25) is 5.95 Å². The van der Waals surface area contributed by atoms with Crippen LogP contribution in [0.1, 0.15) is 18.5 Å². The number of methoxy groups -OCH3 is 3. The molecule has 0 fully saturated rings. The Labute approximate surface area is 189 Å². The van der Waals surface area contributed by atoms with Crippen molar-refractivity contribution in [2.24, 2.45) is 0 Å².